The van der Waals surface area contributed by atoms with Gasteiger partial charge in [0.25, 0.3) is 0 Å². The lowest BCUT2D eigenvalue weighted by atomic mass is 9.98. The molecule has 14 heavy (non-hydrogen) atoms. The van der Waals surface area contributed by atoms with Crippen LogP contribution in [0, 0.1) is 6.92 Å². The van der Waals surface area contributed by atoms with Crippen LogP contribution in [-0.2, 0) is 4.74 Å². The van der Waals surface area contributed by atoms with Crippen LogP contribution in [0.4, 0.5) is 4.79 Å². The van der Waals surface area contributed by atoms with Gasteiger partial charge in [-0.1, -0.05) is 24.3 Å². The maximum absolute atomic E-state index is 11.0. The van der Waals surface area contributed by atoms with E-state index >= 15 is 0 Å². The van der Waals surface area contributed by atoms with Gasteiger partial charge in [0.2, 0.25) is 0 Å². The number of rotatable bonds is 1. The van der Waals surface area contributed by atoms with Crippen molar-refractivity contribution >= 4 is 6.09 Å². The number of carbonyl (C=O) groups is 1. The topological polar surface area (TPSA) is 38.3 Å². The molecule has 1 aromatic rings. The third-order valence-corrected chi connectivity index (χ3v) is 2.56. The molecular formula is C11H13NO2. The van der Waals surface area contributed by atoms with Crippen LogP contribution in [0.3, 0.4) is 0 Å². The number of hydrogen-bond donors (Lipinski definition) is 1. The fourth-order valence-corrected chi connectivity index (χ4v) is 1.78. The number of alkyl carbamates (subject to hydrolysis) is 1. The first-order valence-electron chi connectivity index (χ1n) is 4.71. The molecule has 2 atom stereocenters. The third kappa shape index (κ3) is 1.45. The van der Waals surface area contributed by atoms with Crippen molar-refractivity contribution < 1.29 is 9.53 Å². The summed E-state index contributed by atoms with van der Waals surface area (Å²) in [6, 6.07) is 8.00. The highest BCUT2D eigenvalue weighted by molar-refractivity contribution is 5.70. The molecule has 0 aromatic heterocycles. The second-order valence-corrected chi connectivity index (χ2v) is 3.59. The SMILES string of the molecule is Cc1ccccc1[C@H]1NC(=O)O[C@H]1C. The van der Waals surface area contributed by atoms with Gasteiger partial charge in [0, 0.05) is 0 Å². The molecule has 0 unspecified atom stereocenters. The Bertz CT molecular complexity index is 362. The lowest BCUT2D eigenvalue weighted by Crippen LogP contribution is -2.21. The summed E-state index contributed by atoms with van der Waals surface area (Å²) in [5.74, 6) is 0. The van der Waals surface area contributed by atoms with Crippen LogP contribution in [0.2, 0.25) is 0 Å². The molecule has 74 valence electrons. The van der Waals surface area contributed by atoms with Gasteiger partial charge < -0.3 is 10.1 Å². The minimum Gasteiger partial charge on any atom is -0.444 e. The van der Waals surface area contributed by atoms with Crippen molar-refractivity contribution in [2.45, 2.75) is 26.0 Å². The van der Waals surface area contributed by atoms with E-state index in [2.05, 4.69) is 5.32 Å². The number of aryl methyl sites for hydroxylation is 1. The van der Waals surface area contributed by atoms with Crippen molar-refractivity contribution in [2.24, 2.45) is 0 Å². The van der Waals surface area contributed by atoms with Crippen LogP contribution in [-0.4, -0.2) is 12.2 Å². The van der Waals surface area contributed by atoms with Crippen molar-refractivity contribution in [3.05, 3.63) is 35.4 Å². The molecule has 3 nitrogen and oxygen atoms in total. The van der Waals surface area contributed by atoms with E-state index in [-0.39, 0.29) is 18.2 Å². The summed E-state index contributed by atoms with van der Waals surface area (Å²) in [6.45, 7) is 3.93. The summed E-state index contributed by atoms with van der Waals surface area (Å²) >= 11 is 0. The van der Waals surface area contributed by atoms with Gasteiger partial charge in [-0.05, 0) is 25.0 Å². The highest BCUT2D eigenvalue weighted by Crippen LogP contribution is 2.26. The van der Waals surface area contributed by atoms with E-state index in [9.17, 15) is 4.79 Å². The number of amides is 1. The first-order chi connectivity index (χ1) is 6.68. The summed E-state index contributed by atoms with van der Waals surface area (Å²) in [5.41, 5.74) is 2.31. The first kappa shape index (κ1) is 9.06. The Hall–Kier alpha value is -1.51. The summed E-state index contributed by atoms with van der Waals surface area (Å²) < 4.78 is 5.03. The van der Waals surface area contributed by atoms with Crippen LogP contribution in [0.1, 0.15) is 24.1 Å². The lowest BCUT2D eigenvalue weighted by Gasteiger charge is -2.15. The molecule has 1 fully saturated rings. The van der Waals surface area contributed by atoms with Crippen LogP contribution in [0.25, 0.3) is 0 Å². The third-order valence-electron chi connectivity index (χ3n) is 2.56. The Labute approximate surface area is 83.1 Å². The van der Waals surface area contributed by atoms with Gasteiger partial charge in [0.1, 0.15) is 6.10 Å². The van der Waals surface area contributed by atoms with Gasteiger partial charge in [-0.3, -0.25) is 0 Å². The zero-order valence-electron chi connectivity index (χ0n) is 8.28. The fourth-order valence-electron chi connectivity index (χ4n) is 1.78. The molecule has 1 heterocycles. The Morgan fingerprint density at radius 1 is 1.36 bits per heavy atom. The molecule has 1 N–H and O–H groups in total. The molecule has 3 heteroatoms. The van der Waals surface area contributed by atoms with Crippen molar-refractivity contribution in [1.82, 2.24) is 5.32 Å². The smallest absolute Gasteiger partial charge is 0.408 e. The Balaban J connectivity index is 2.32. The van der Waals surface area contributed by atoms with E-state index in [1.807, 2.05) is 38.1 Å². The van der Waals surface area contributed by atoms with Crippen LogP contribution < -0.4 is 5.32 Å². The van der Waals surface area contributed by atoms with Crippen LogP contribution >= 0.6 is 0 Å². The van der Waals surface area contributed by atoms with Gasteiger partial charge in [0.05, 0.1) is 6.04 Å². The van der Waals surface area contributed by atoms with Crippen molar-refractivity contribution in [1.29, 1.82) is 0 Å². The van der Waals surface area contributed by atoms with Gasteiger partial charge in [0.15, 0.2) is 0 Å². The standard InChI is InChI=1S/C11H13NO2/c1-7-5-3-4-6-9(7)10-8(2)14-11(13)12-10/h3-6,8,10H,1-2H3,(H,12,13)/t8-,10-/m0/s1. The number of cyclic esters (lactones) is 1. The second kappa shape index (κ2) is 3.33. The first-order valence-corrected chi connectivity index (χ1v) is 4.71. The fraction of sp³-hybridized carbons (Fsp3) is 0.364. The molecule has 1 aliphatic rings. The number of carbonyl (C=O) groups excluding carboxylic acids is 1. The molecule has 1 saturated heterocycles. The number of hydrogen-bond acceptors (Lipinski definition) is 2. The highest BCUT2D eigenvalue weighted by atomic mass is 16.6. The van der Waals surface area contributed by atoms with Gasteiger partial charge in [-0.2, -0.15) is 0 Å². The normalized spacial score (nSPS) is 25.7. The summed E-state index contributed by atoms with van der Waals surface area (Å²) in [5, 5.41) is 2.80. The van der Waals surface area contributed by atoms with Crippen molar-refractivity contribution in [3.63, 3.8) is 0 Å². The molecule has 1 amide bonds. The van der Waals surface area contributed by atoms with E-state index in [1.54, 1.807) is 0 Å². The predicted octanol–water partition coefficient (Wildman–Crippen LogP) is 2.16. The molecular weight excluding hydrogens is 178 g/mol. The Morgan fingerprint density at radius 3 is 2.64 bits per heavy atom. The minimum atomic E-state index is -0.328. The number of nitrogens with one attached hydrogen (secondary N) is 1. The molecule has 0 radical (unpaired) electrons. The molecule has 0 saturated carbocycles. The summed E-state index contributed by atoms with van der Waals surface area (Å²) in [7, 11) is 0. The maximum Gasteiger partial charge on any atom is 0.408 e. The average molecular weight is 191 g/mol. The molecule has 1 aliphatic heterocycles. The molecule has 0 aliphatic carbocycles. The average Bonchev–Trinajstić information content (AvgIpc) is 2.46. The molecule has 2 rings (SSSR count). The molecule has 0 bridgehead atoms. The molecule has 1 aromatic carbocycles. The van der Waals surface area contributed by atoms with Crippen LogP contribution in [0.15, 0.2) is 24.3 Å². The van der Waals surface area contributed by atoms with E-state index in [1.165, 1.54) is 5.56 Å². The largest absolute Gasteiger partial charge is 0.444 e. The van der Waals surface area contributed by atoms with Crippen LogP contribution in [0.5, 0.6) is 0 Å². The van der Waals surface area contributed by atoms with Gasteiger partial charge in [-0.15, -0.1) is 0 Å². The zero-order valence-corrected chi connectivity index (χ0v) is 8.28. The van der Waals surface area contributed by atoms with Gasteiger partial charge in [-0.25, -0.2) is 4.79 Å². The van der Waals surface area contributed by atoms with Crippen molar-refractivity contribution in [2.75, 3.05) is 0 Å². The zero-order chi connectivity index (χ0) is 10.1. The highest BCUT2D eigenvalue weighted by Gasteiger charge is 2.32. The maximum atomic E-state index is 11.0. The quantitative estimate of drug-likeness (QED) is 0.738. The Kier molecular flexibility index (Phi) is 2.15. The number of benzene rings is 1. The van der Waals surface area contributed by atoms with E-state index in [4.69, 9.17) is 4.74 Å². The predicted molar refractivity (Wildman–Crippen MR) is 53.0 cm³/mol. The molecule has 0 spiro atoms. The van der Waals surface area contributed by atoms with Crippen molar-refractivity contribution in [3.8, 4) is 0 Å². The minimum absolute atomic E-state index is 0.0105. The van der Waals surface area contributed by atoms with E-state index in [0.29, 0.717) is 0 Å². The summed E-state index contributed by atoms with van der Waals surface area (Å²) in [6.07, 6.45) is -0.422. The lowest BCUT2D eigenvalue weighted by molar-refractivity contribution is 0.141. The van der Waals surface area contributed by atoms with Gasteiger partial charge >= 0.3 is 6.09 Å². The Morgan fingerprint density at radius 2 is 2.07 bits per heavy atom. The monoisotopic (exact) mass is 191 g/mol. The van der Waals surface area contributed by atoms with E-state index < -0.39 is 0 Å². The van der Waals surface area contributed by atoms with E-state index in [0.717, 1.165) is 5.56 Å². The summed E-state index contributed by atoms with van der Waals surface area (Å²) in [4.78, 5) is 11.0. The number of ether oxygens (including phenoxy) is 1. The second-order valence-electron chi connectivity index (χ2n) is 3.59.